The summed E-state index contributed by atoms with van der Waals surface area (Å²) >= 11 is 0. The van der Waals surface area contributed by atoms with Crippen molar-refractivity contribution in [1.29, 1.82) is 0 Å². The molecular formula is C12H16N6O6. The number of carboxylic acids is 2. The van der Waals surface area contributed by atoms with Crippen LogP contribution < -0.4 is 22.1 Å². The maximum Gasteiger partial charge on any atom is 0.325 e. The van der Waals surface area contributed by atoms with Gasteiger partial charge in [-0.2, -0.15) is 0 Å². The average Bonchev–Trinajstić information content (AvgIpc) is 2.48. The van der Waals surface area contributed by atoms with Gasteiger partial charge in [-0.15, -0.1) is 0 Å². The van der Waals surface area contributed by atoms with Gasteiger partial charge in [-0.25, -0.2) is 9.97 Å². The molecule has 1 rings (SSSR count). The van der Waals surface area contributed by atoms with Crippen molar-refractivity contribution >= 4 is 35.4 Å². The van der Waals surface area contributed by atoms with Gasteiger partial charge in [0.05, 0.1) is 0 Å². The summed E-state index contributed by atoms with van der Waals surface area (Å²) in [6.07, 6.45) is 0. The number of amides is 2. The van der Waals surface area contributed by atoms with Crippen LogP contribution in [0.1, 0.15) is 34.8 Å². The first-order chi connectivity index (χ1) is 11.0. The van der Waals surface area contributed by atoms with Crippen molar-refractivity contribution in [2.75, 3.05) is 11.5 Å². The number of hydrogen-bond donors (Lipinski definition) is 6. The van der Waals surface area contributed by atoms with Gasteiger partial charge in [0.15, 0.2) is 23.0 Å². The summed E-state index contributed by atoms with van der Waals surface area (Å²) < 4.78 is 0. The maximum atomic E-state index is 11.9. The Morgan fingerprint density at radius 2 is 1.12 bits per heavy atom. The minimum atomic E-state index is -1.28. The van der Waals surface area contributed by atoms with E-state index in [0.717, 1.165) is 0 Å². The summed E-state index contributed by atoms with van der Waals surface area (Å²) in [5.41, 5.74) is 10.2. The number of nitrogens with one attached hydrogen (secondary N) is 2. The molecule has 0 radical (unpaired) electrons. The monoisotopic (exact) mass is 340 g/mol. The van der Waals surface area contributed by atoms with E-state index in [1.807, 2.05) is 0 Å². The van der Waals surface area contributed by atoms with Crippen LogP contribution in [0.25, 0.3) is 0 Å². The highest BCUT2D eigenvalue weighted by Crippen LogP contribution is 2.13. The van der Waals surface area contributed by atoms with Crippen LogP contribution in [0.5, 0.6) is 0 Å². The van der Waals surface area contributed by atoms with E-state index in [1.165, 1.54) is 13.8 Å². The molecule has 130 valence electrons. The van der Waals surface area contributed by atoms with Gasteiger partial charge in [0.1, 0.15) is 12.1 Å². The van der Waals surface area contributed by atoms with Crippen LogP contribution in [-0.2, 0) is 9.59 Å². The van der Waals surface area contributed by atoms with Crippen molar-refractivity contribution in [2.24, 2.45) is 0 Å². The first kappa shape index (κ1) is 18.6. The number of carbonyl (C=O) groups is 4. The molecule has 2 atom stereocenters. The minimum absolute atomic E-state index is 0.455. The molecule has 0 aliphatic heterocycles. The van der Waals surface area contributed by atoms with Crippen molar-refractivity contribution in [1.82, 2.24) is 20.6 Å². The summed E-state index contributed by atoms with van der Waals surface area (Å²) in [4.78, 5) is 52.5. The van der Waals surface area contributed by atoms with Gasteiger partial charge in [-0.3, -0.25) is 19.2 Å². The lowest BCUT2D eigenvalue weighted by atomic mass is 10.2. The number of carboxylic acid groups (broad SMARTS) is 2. The maximum absolute atomic E-state index is 11.9. The highest BCUT2D eigenvalue weighted by Gasteiger charge is 2.24. The first-order valence-corrected chi connectivity index (χ1v) is 6.54. The largest absolute Gasteiger partial charge is 0.480 e. The summed E-state index contributed by atoms with van der Waals surface area (Å²) in [7, 11) is 0. The Balaban J connectivity index is 3.05. The van der Waals surface area contributed by atoms with Gasteiger partial charge in [0.2, 0.25) is 0 Å². The van der Waals surface area contributed by atoms with E-state index in [9.17, 15) is 19.2 Å². The van der Waals surface area contributed by atoms with Gasteiger partial charge in [0.25, 0.3) is 11.8 Å². The molecular weight excluding hydrogens is 324 g/mol. The Hall–Kier alpha value is -3.44. The number of nitrogen functional groups attached to an aromatic ring is 2. The van der Waals surface area contributed by atoms with Gasteiger partial charge >= 0.3 is 11.9 Å². The highest BCUT2D eigenvalue weighted by atomic mass is 16.4. The van der Waals surface area contributed by atoms with Gasteiger partial charge in [0, 0.05) is 0 Å². The number of rotatable bonds is 6. The van der Waals surface area contributed by atoms with Crippen LogP contribution >= 0.6 is 0 Å². The van der Waals surface area contributed by atoms with E-state index in [0.29, 0.717) is 0 Å². The SMILES string of the molecule is C[C@H](NC(=O)c1nc(N)c(C(=O)N[C@@H](C)C(=O)O)nc1N)C(=O)O. The summed E-state index contributed by atoms with van der Waals surface area (Å²) in [5.74, 6) is -5.36. The van der Waals surface area contributed by atoms with E-state index in [2.05, 4.69) is 20.6 Å². The molecule has 0 bridgehead atoms. The fraction of sp³-hybridized carbons (Fsp3) is 0.333. The molecule has 0 saturated carbocycles. The lowest BCUT2D eigenvalue weighted by Crippen LogP contribution is -2.40. The minimum Gasteiger partial charge on any atom is -0.480 e. The molecule has 12 heteroatoms. The molecule has 1 heterocycles. The molecule has 0 aliphatic rings. The average molecular weight is 340 g/mol. The zero-order valence-electron chi connectivity index (χ0n) is 12.7. The van der Waals surface area contributed by atoms with Gasteiger partial charge in [-0.05, 0) is 13.8 Å². The topological polar surface area (TPSA) is 211 Å². The zero-order valence-corrected chi connectivity index (χ0v) is 12.7. The summed E-state index contributed by atoms with van der Waals surface area (Å²) in [6, 6.07) is -2.42. The second kappa shape index (κ2) is 7.21. The molecule has 0 saturated heterocycles. The van der Waals surface area contributed by atoms with Crippen molar-refractivity contribution in [3.63, 3.8) is 0 Å². The number of nitrogens with zero attached hydrogens (tertiary/aromatic N) is 2. The van der Waals surface area contributed by atoms with Crippen LogP contribution in [0, 0.1) is 0 Å². The van der Waals surface area contributed by atoms with Gasteiger partial charge < -0.3 is 32.3 Å². The zero-order chi connectivity index (χ0) is 18.6. The molecule has 2 amide bonds. The fourth-order valence-corrected chi connectivity index (χ4v) is 1.45. The standard InChI is InChI=1S/C12H16N6O6/c1-3(11(21)22)15-9(19)5-7(13)18-6(8(14)17-5)10(20)16-4(2)12(23)24/h3-4H,1-2H3,(H2,14,17)(H2,13,18)(H,15,19)(H,16,20)(H,21,22)(H,23,24)/t3-,4-/m0/s1. The molecule has 0 unspecified atom stereocenters. The Labute approximate surface area is 135 Å². The Morgan fingerprint density at radius 1 is 0.833 bits per heavy atom. The Bertz CT molecular complexity index is 646. The number of aromatic nitrogens is 2. The predicted molar refractivity (Wildman–Crippen MR) is 80.0 cm³/mol. The van der Waals surface area contributed by atoms with Crippen LogP contribution in [0.4, 0.5) is 11.6 Å². The Morgan fingerprint density at radius 3 is 1.38 bits per heavy atom. The lowest BCUT2D eigenvalue weighted by Gasteiger charge is -2.13. The van der Waals surface area contributed by atoms with E-state index in [1.54, 1.807) is 0 Å². The van der Waals surface area contributed by atoms with Gasteiger partial charge in [-0.1, -0.05) is 0 Å². The van der Waals surface area contributed by atoms with Crippen molar-refractivity contribution < 1.29 is 29.4 Å². The molecule has 12 nitrogen and oxygen atoms in total. The second-order valence-corrected chi connectivity index (χ2v) is 4.76. The Kier molecular flexibility index (Phi) is 5.59. The molecule has 0 spiro atoms. The van der Waals surface area contributed by atoms with Crippen LogP contribution in [0.3, 0.4) is 0 Å². The van der Waals surface area contributed by atoms with E-state index in [4.69, 9.17) is 21.7 Å². The van der Waals surface area contributed by atoms with E-state index >= 15 is 0 Å². The smallest absolute Gasteiger partial charge is 0.325 e. The molecule has 0 fully saturated rings. The predicted octanol–water partition coefficient (Wildman–Crippen LogP) is -1.95. The summed E-state index contributed by atoms with van der Waals surface area (Å²) in [6.45, 7) is 2.45. The number of nitrogens with two attached hydrogens (primary N) is 2. The third kappa shape index (κ3) is 4.28. The number of hydrogen-bond acceptors (Lipinski definition) is 8. The van der Waals surface area contributed by atoms with E-state index < -0.39 is 58.9 Å². The van der Waals surface area contributed by atoms with Crippen molar-refractivity contribution in [3.8, 4) is 0 Å². The number of anilines is 2. The van der Waals surface area contributed by atoms with Crippen molar-refractivity contribution in [3.05, 3.63) is 11.4 Å². The molecule has 24 heavy (non-hydrogen) atoms. The third-order valence-corrected chi connectivity index (χ3v) is 2.82. The molecule has 0 aliphatic carbocycles. The first-order valence-electron chi connectivity index (χ1n) is 6.54. The molecule has 1 aromatic heterocycles. The molecule has 0 aromatic carbocycles. The second-order valence-electron chi connectivity index (χ2n) is 4.76. The number of aliphatic carboxylic acids is 2. The quantitative estimate of drug-likeness (QED) is 0.336. The van der Waals surface area contributed by atoms with Crippen LogP contribution in [-0.4, -0.2) is 56.0 Å². The highest BCUT2D eigenvalue weighted by molar-refractivity contribution is 6.02. The molecule has 1 aromatic rings. The van der Waals surface area contributed by atoms with E-state index in [-0.39, 0.29) is 0 Å². The van der Waals surface area contributed by atoms with Crippen molar-refractivity contribution in [2.45, 2.75) is 25.9 Å². The molecule has 8 N–H and O–H groups in total. The third-order valence-electron chi connectivity index (χ3n) is 2.82. The summed E-state index contributed by atoms with van der Waals surface area (Å²) in [5, 5.41) is 21.7. The fourth-order valence-electron chi connectivity index (χ4n) is 1.45. The normalized spacial score (nSPS) is 12.8. The number of carbonyl (C=O) groups excluding carboxylic acids is 2. The van der Waals surface area contributed by atoms with Crippen LogP contribution in [0.2, 0.25) is 0 Å². The van der Waals surface area contributed by atoms with Crippen LogP contribution in [0.15, 0.2) is 0 Å². The lowest BCUT2D eigenvalue weighted by molar-refractivity contribution is -0.139.